The van der Waals surface area contributed by atoms with E-state index in [2.05, 4.69) is 21.0 Å². The zero-order valence-electron chi connectivity index (χ0n) is 15.7. The van der Waals surface area contributed by atoms with Crippen molar-refractivity contribution in [1.82, 2.24) is 14.9 Å². The highest BCUT2D eigenvalue weighted by molar-refractivity contribution is 7.89. The molecule has 0 radical (unpaired) electrons. The second kappa shape index (κ2) is 8.28. The quantitative estimate of drug-likeness (QED) is 0.469. The van der Waals surface area contributed by atoms with Crippen molar-refractivity contribution < 1.29 is 8.42 Å². The molecule has 0 bridgehead atoms. The summed E-state index contributed by atoms with van der Waals surface area (Å²) in [4.78, 5) is 0.142. The number of H-pyrrole nitrogens is 1. The molecule has 30 heavy (non-hydrogen) atoms. The number of benzene rings is 3. The minimum Gasteiger partial charge on any atom is -0.285 e. The maximum atomic E-state index is 13.1. The molecule has 1 unspecified atom stereocenters. The van der Waals surface area contributed by atoms with Crippen LogP contribution in [-0.4, -0.2) is 18.6 Å². The number of halogens is 1. The van der Waals surface area contributed by atoms with Gasteiger partial charge in [-0.1, -0.05) is 35.9 Å². The lowest BCUT2D eigenvalue weighted by molar-refractivity contribution is 0.549. The number of sulfonamides is 1. The van der Waals surface area contributed by atoms with E-state index in [1.165, 1.54) is 0 Å². The van der Waals surface area contributed by atoms with E-state index in [1.807, 2.05) is 12.1 Å². The number of aromatic nitrogens is 2. The average molecular weight is 437 g/mol. The minimum absolute atomic E-state index is 0.142. The third-order valence-electron chi connectivity index (χ3n) is 4.76. The predicted octanol–water partition coefficient (Wildman–Crippen LogP) is 4.35. The van der Waals surface area contributed by atoms with Crippen LogP contribution in [0, 0.1) is 11.3 Å². The van der Waals surface area contributed by atoms with Gasteiger partial charge in [-0.25, -0.2) is 13.1 Å². The van der Waals surface area contributed by atoms with E-state index in [9.17, 15) is 8.42 Å². The molecule has 0 saturated carbocycles. The van der Waals surface area contributed by atoms with Crippen molar-refractivity contribution in [2.75, 3.05) is 0 Å². The van der Waals surface area contributed by atoms with Crippen molar-refractivity contribution in [2.45, 2.75) is 17.4 Å². The highest BCUT2D eigenvalue weighted by atomic mass is 35.5. The van der Waals surface area contributed by atoms with Gasteiger partial charge in [0.1, 0.15) is 0 Å². The first-order valence-corrected chi connectivity index (χ1v) is 11.0. The SMILES string of the molecule is N#Cc1cccc(CC(NS(=O)(=O)c2ccc3ccc(Cl)cc3c2)c2cc[nH]n2)c1. The van der Waals surface area contributed by atoms with Gasteiger partial charge in [0.2, 0.25) is 10.0 Å². The molecular weight excluding hydrogens is 420 g/mol. The number of aromatic amines is 1. The molecule has 0 aliphatic heterocycles. The Morgan fingerprint density at radius 3 is 2.67 bits per heavy atom. The van der Waals surface area contributed by atoms with Crippen LogP contribution in [0.1, 0.15) is 22.9 Å². The van der Waals surface area contributed by atoms with Gasteiger partial charge in [-0.2, -0.15) is 10.4 Å². The molecule has 1 heterocycles. The third kappa shape index (κ3) is 4.36. The summed E-state index contributed by atoms with van der Waals surface area (Å²) in [5.74, 6) is 0. The van der Waals surface area contributed by atoms with E-state index in [0.29, 0.717) is 22.7 Å². The maximum absolute atomic E-state index is 13.1. The van der Waals surface area contributed by atoms with E-state index >= 15 is 0 Å². The summed E-state index contributed by atoms with van der Waals surface area (Å²) in [5.41, 5.74) is 1.90. The summed E-state index contributed by atoms with van der Waals surface area (Å²) in [7, 11) is -3.84. The molecule has 4 rings (SSSR count). The van der Waals surface area contributed by atoms with Crippen LogP contribution < -0.4 is 4.72 Å². The maximum Gasteiger partial charge on any atom is 0.241 e. The Labute approximate surface area is 179 Å². The van der Waals surface area contributed by atoms with Crippen LogP contribution in [0.2, 0.25) is 5.02 Å². The Morgan fingerprint density at radius 1 is 1.07 bits per heavy atom. The second-order valence-corrected chi connectivity index (χ2v) is 8.99. The largest absolute Gasteiger partial charge is 0.285 e. The molecule has 2 N–H and O–H groups in total. The monoisotopic (exact) mass is 436 g/mol. The van der Waals surface area contributed by atoms with Crippen LogP contribution in [0.4, 0.5) is 0 Å². The van der Waals surface area contributed by atoms with Gasteiger partial charge in [-0.3, -0.25) is 5.10 Å². The number of nitrogens with zero attached hydrogens (tertiary/aromatic N) is 2. The normalized spacial score (nSPS) is 12.5. The summed E-state index contributed by atoms with van der Waals surface area (Å²) in [6.07, 6.45) is 1.99. The molecule has 4 aromatic rings. The van der Waals surface area contributed by atoms with Crippen LogP contribution in [0.3, 0.4) is 0 Å². The van der Waals surface area contributed by atoms with Gasteiger partial charge >= 0.3 is 0 Å². The lowest BCUT2D eigenvalue weighted by Crippen LogP contribution is -2.30. The summed E-state index contributed by atoms with van der Waals surface area (Å²) in [5, 5.41) is 18.2. The van der Waals surface area contributed by atoms with Crippen molar-refractivity contribution in [3.05, 3.63) is 94.8 Å². The van der Waals surface area contributed by atoms with Crippen LogP contribution in [-0.2, 0) is 16.4 Å². The zero-order chi connectivity index (χ0) is 21.1. The molecule has 1 atom stereocenters. The zero-order valence-corrected chi connectivity index (χ0v) is 17.3. The molecule has 0 spiro atoms. The second-order valence-electron chi connectivity index (χ2n) is 6.84. The minimum atomic E-state index is -3.84. The van der Waals surface area contributed by atoms with Crippen LogP contribution in [0.25, 0.3) is 10.8 Å². The molecule has 8 heteroatoms. The fourth-order valence-corrected chi connectivity index (χ4v) is 4.72. The van der Waals surface area contributed by atoms with Crippen molar-refractivity contribution in [3.63, 3.8) is 0 Å². The Kier molecular flexibility index (Phi) is 5.55. The first-order chi connectivity index (χ1) is 14.4. The van der Waals surface area contributed by atoms with Gasteiger partial charge in [-0.15, -0.1) is 0 Å². The topological polar surface area (TPSA) is 98.6 Å². The van der Waals surface area contributed by atoms with E-state index in [0.717, 1.165) is 16.3 Å². The standard InChI is InChI=1S/C22H17ClN4O2S/c23-19-6-4-17-5-7-20(13-18(17)12-19)30(28,29)27-22(21-8-9-25-26-21)11-15-2-1-3-16(10-15)14-24/h1-10,12-13,22,27H,11H2,(H,25,26). The van der Waals surface area contributed by atoms with Gasteiger partial charge in [0.05, 0.1) is 28.3 Å². The molecule has 0 fully saturated rings. The predicted molar refractivity (Wildman–Crippen MR) is 115 cm³/mol. The van der Waals surface area contributed by atoms with Crippen molar-refractivity contribution >= 4 is 32.4 Å². The molecule has 150 valence electrons. The number of hydrogen-bond donors (Lipinski definition) is 2. The molecular formula is C22H17ClN4O2S. The van der Waals surface area contributed by atoms with Crippen molar-refractivity contribution in [2.24, 2.45) is 0 Å². The van der Waals surface area contributed by atoms with Crippen molar-refractivity contribution in [1.29, 1.82) is 5.26 Å². The molecule has 0 amide bonds. The molecule has 3 aromatic carbocycles. The highest BCUT2D eigenvalue weighted by Gasteiger charge is 2.23. The summed E-state index contributed by atoms with van der Waals surface area (Å²) in [6.45, 7) is 0. The lowest BCUT2D eigenvalue weighted by Gasteiger charge is -2.17. The number of hydrogen-bond acceptors (Lipinski definition) is 4. The van der Waals surface area contributed by atoms with E-state index < -0.39 is 16.1 Å². The fourth-order valence-electron chi connectivity index (χ4n) is 3.29. The summed E-state index contributed by atoms with van der Waals surface area (Å²) < 4.78 is 29.0. The van der Waals surface area contributed by atoms with Gasteiger partial charge in [0.15, 0.2) is 0 Å². The summed E-state index contributed by atoms with van der Waals surface area (Å²) >= 11 is 6.05. The molecule has 0 saturated heterocycles. The number of fused-ring (bicyclic) bond motifs is 1. The van der Waals surface area contributed by atoms with Gasteiger partial charge < -0.3 is 0 Å². The first-order valence-electron chi connectivity index (χ1n) is 9.15. The smallest absolute Gasteiger partial charge is 0.241 e. The van der Waals surface area contributed by atoms with E-state index in [1.54, 1.807) is 60.8 Å². The average Bonchev–Trinajstić information content (AvgIpc) is 3.27. The Morgan fingerprint density at radius 2 is 1.90 bits per heavy atom. The third-order valence-corrected chi connectivity index (χ3v) is 6.46. The van der Waals surface area contributed by atoms with Crippen LogP contribution in [0.5, 0.6) is 0 Å². The van der Waals surface area contributed by atoms with Crippen LogP contribution in [0.15, 0.2) is 77.8 Å². The van der Waals surface area contributed by atoms with E-state index in [-0.39, 0.29) is 4.90 Å². The van der Waals surface area contributed by atoms with Gasteiger partial charge in [0.25, 0.3) is 0 Å². The molecule has 1 aromatic heterocycles. The highest BCUT2D eigenvalue weighted by Crippen LogP contribution is 2.25. The number of rotatable bonds is 6. The molecule has 0 aliphatic carbocycles. The number of nitriles is 1. The Hall–Kier alpha value is -3.18. The first kappa shape index (κ1) is 20.1. The van der Waals surface area contributed by atoms with E-state index in [4.69, 9.17) is 16.9 Å². The Balaban J connectivity index is 1.67. The fraction of sp³-hybridized carbons (Fsp3) is 0.0909. The number of nitrogens with one attached hydrogen (secondary N) is 2. The van der Waals surface area contributed by atoms with Crippen LogP contribution >= 0.6 is 11.6 Å². The lowest BCUT2D eigenvalue weighted by atomic mass is 10.0. The van der Waals surface area contributed by atoms with Crippen molar-refractivity contribution in [3.8, 4) is 6.07 Å². The summed E-state index contributed by atoms with van der Waals surface area (Å²) in [6, 6.07) is 20.5. The van der Waals surface area contributed by atoms with Gasteiger partial charge in [-0.05, 0) is 65.2 Å². The Bertz CT molecular complexity index is 1350. The molecule has 0 aliphatic rings. The van der Waals surface area contributed by atoms with Gasteiger partial charge in [0, 0.05) is 11.2 Å². The molecule has 6 nitrogen and oxygen atoms in total.